The molecule has 9 nitrogen and oxygen atoms in total. The van der Waals surface area contributed by atoms with Crippen LogP contribution in [-0.4, -0.2) is 54.1 Å². The fourth-order valence-corrected chi connectivity index (χ4v) is 9.90. The molecular formula is C51H45N4O5+. The van der Waals surface area contributed by atoms with E-state index in [1.165, 1.54) is 0 Å². The van der Waals surface area contributed by atoms with Gasteiger partial charge in [-0.25, -0.2) is 0 Å². The van der Waals surface area contributed by atoms with Crippen molar-refractivity contribution in [1.82, 2.24) is 0 Å². The molecule has 298 valence electrons. The number of rotatable bonds is 12. The number of benzene rings is 6. The maximum atomic E-state index is 12.2. The van der Waals surface area contributed by atoms with E-state index >= 15 is 0 Å². The molecule has 0 saturated heterocycles. The van der Waals surface area contributed by atoms with Crippen LogP contribution in [0.4, 0.5) is 11.4 Å². The lowest BCUT2D eigenvalue weighted by Crippen LogP contribution is -2.32. The molecule has 0 aliphatic carbocycles. The lowest BCUT2D eigenvalue weighted by atomic mass is 9.76. The number of hydrogen-bond donors (Lipinski definition) is 1. The van der Waals surface area contributed by atoms with E-state index in [0.717, 1.165) is 65.6 Å². The largest absolute Gasteiger partial charge is 0.494 e. The maximum Gasteiger partial charge on any atom is 0.309 e. The van der Waals surface area contributed by atoms with Crippen LogP contribution < -0.4 is 4.90 Å². The lowest BCUT2D eigenvalue weighted by molar-refractivity contribution is -0.435. The predicted octanol–water partition coefficient (Wildman–Crippen LogP) is 10.3. The Bertz CT molecular complexity index is 3010. The van der Waals surface area contributed by atoms with Crippen molar-refractivity contribution < 1.29 is 28.7 Å². The van der Waals surface area contributed by atoms with E-state index in [9.17, 15) is 25.2 Å². The van der Waals surface area contributed by atoms with Crippen molar-refractivity contribution in [2.24, 2.45) is 0 Å². The van der Waals surface area contributed by atoms with E-state index < -0.39 is 16.8 Å². The second-order valence-corrected chi connectivity index (χ2v) is 16.2. The SMILES string of the molecule is CCOC(=C\C(C#N)=C1/N(CCOC=O)c2c(c3ccccc3c3ccccc23)C1(C)C)/C=C(\C#N)C1=[N+](CCC(=O)O)c2c(c3ccccc3c3ccccc23)C1(C)C. The highest BCUT2D eigenvalue weighted by atomic mass is 16.5. The minimum atomic E-state index is -0.947. The molecule has 8 rings (SSSR count). The van der Waals surface area contributed by atoms with Crippen molar-refractivity contribution in [1.29, 1.82) is 10.5 Å². The Morgan fingerprint density at radius 2 is 1.28 bits per heavy atom. The number of allylic oxidation sites excluding steroid dienone is 5. The second kappa shape index (κ2) is 15.5. The second-order valence-electron chi connectivity index (χ2n) is 16.2. The van der Waals surface area contributed by atoms with Crippen LogP contribution >= 0.6 is 0 Å². The number of carboxylic acids is 1. The van der Waals surface area contributed by atoms with Crippen LogP contribution in [0.25, 0.3) is 43.1 Å². The van der Waals surface area contributed by atoms with Crippen LogP contribution in [0.5, 0.6) is 0 Å². The molecule has 9 heteroatoms. The van der Waals surface area contributed by atoms with Crippen molar-refractivity contribution in [2.75, 3.05) is 31.2 Å². The van der Waals surface area contributed by atoms with Gasteiger partial charge in [0, 0.05) is 28.1 Å². The monoisotopic (exact) mass is 793 g/mol. The van der Waals surface area contributed by atoms with Gasteiger partial charge in [0.2, 0.25) is 11.4 Å². The molecule has 0 saturated carbocycles. The van der Waals surface area contributed by atoms with Gasteiger partial charge in [0.1, 0.15) is 36.5 Å². The van der Waals surface area contributed by atoms with Gasteiger partial charge >= 0.3 is 5.97 Å². The number of nitrogens with zero attached hydrogens (tertiary/aromatic N) is 4. The van der Waals surface area contributed by atoms with Crippen LogP contribution in [-0.2, 0) is 29.9 Å². The topological polar surface area (TPSA) is 127 Å². The van der Waals surface area contributed by atoms with E-state index in [-0.39, 0.29) is 26.2 Å². The van der Waals surface area contributed by atoms with Gasteiger partial charge in [-0.05, 0) is 70.8 Å². The van der Waals surface area contributed by atoms with E-state index in [2.05, 4.69) is 93.3 Å². The zero-order chi connectivity index (χ0) is 42.3. The molecule has 60 heavy (non-hydrogen) atoms. The lowest BCUT2D eigenvalue weighted by Gasteiger charge is -2.28. The summed E-state index contributed by atoms with van der Waals surface area (Å²) < 4.78 is 13.6. The van der Waals surface area contributed by atoms with Crippen molar-refractivity contribution in [3.8, 4) is 12.1 Å². The highest BCUT2D eigenvalue weighted by molar-refractivity contribution is 6.21. The fourth-order valence-electron chi connectivity index (χ4n) is 9.90. The van der Waals surface area contributed by atoms with Gasteiger partial charge < -0.3 is 19.5 Å². The zero-order valence-corrected chi connectivity index (χ0v) is 34.4. The van der Waals surface area contributed by atoms with Gasteiger partial charge in [-0.15, -0.1) is 0 Å². The Morgan fingerprint density at radius 3 is 1.83 bits per heavy atom. The number of carboxylic acid groups (broad SMARTS) is 1. The Morgan fingerprint density at radius 1 is 0.750 bits per heavy atom. The molecule has 6 aromatic carbocycles. The van der Waals surface area contributed by atoms with Gasteiger partial charge in [-0.3, -0.25) is 9.59 Å². The number of ether oxygens (including phenoxy) is 2. The molecule has 0 bridgehead atoms. The van der Waals surface area contributed by atoms with E-state index in [1.54, 1.807) is 12.2 Å². The number of carbonyl (C=O) groups excluding carboxylic acids is 1. The first kappa shape index (κ1) is 39.6. The summed E-state index contributed by atoms with van der Waals surface area (Å²) in [6, 6.07) is 37.8. The van der Waals surface area contributed by atoms with Crippen molar-refractivity contribution >= 4 is 72.6 Å². The molecule has 1 N–H and O–H groups in total. The maximum absolute atomic E-state index is 12.2. The van der Waals surface area contributed by atoms with Crippen LogP contribution in [0.3, 0.4) is 0 Å². The van der Waals surface area contributed by atoms with Crippen molar-refractivity contribution in [3.05, 3.63) is 143 Å². The van der Waals surface area contributed by atoms with Crippen LogP contribution in [0.15, 0.2) is 132 Å². The number of nitriles is 2. The Hall–Kier alpha value is -7.23. The summed E-state index contributed by atoms with van der Waals surface area (Å²) in [4.78, 5) is 25.7. The van der Waals surface area contributed by atoms with Crippen LogP contribution in [0, 0.1) is 22.7 Å². The molecule has 0 unspecified atom stereocenters. The third kappa shape index (κ3) is 6.26. The minimum Gasteiger partial charge on any atom is -0.494 e. The normalized spacial score (nSPS) is 16.5. The third-order valence-electron chi connectivity index (χ3n) is 12.0. The highest BCUT2D eigenvalue weighted by Crippen LogP contribution is 2.55. The third-order valence-corrected chi connectivity index (χ3v) is 12.0. The van der Waals surface area contributed by atoms with Crippen molar-refractivity contribution in [3.63, 3.8) is 0 Å². The Balaban J connectivity index is 1.38. The first-order valence-electron chi connectivity index (χ1n) is 20.2. The Labute approximate surface area is 349 Å². The van der Waals surface area contributed by atoms with E-state index in [0.29, 0.717) is 41.3 Å². The van der Waals surface area contributed by atoms with Gasteiger partial charge in [0.15, 0.2) is 6.54 Å². The number of aliphatic carboxylic acids is 1. The van der Waals surface area contributed by atoms with Gasteiger partial charge in [-0.2, -0.15) is 15.1 Å². The standard InChI is InChI=1S/C51H44N4O5/c1-6-60-34(27-32(29-52)48-50(2,3)44-39-19-11-7-15-35(39)37-17-9-13-21-41(37)46(44)54(48)24-23-43(57)58)28-33(30-53)49-51(4,5)45-40-20-12-8-16-36(40)38-18-10-14-22-42(38)47(45)55(49)25-26-59-31-56/h7-22,27-28,31H,6,23-26H2,1-5H3/p+1. The molecule has 0 amide bonds. The zero-order valence-electron chi connectivity index (χ0n) is 34.4. The van der Waals surface area contributed by atoms with Gasteiger partial charge in [0.25, 0.3) is 6.47 Å². The summed E-state index contributed by atoms with van der Waals surface area (Å²) in [5.41, 5.74) is 4.41. The average molecular weight is 794 g/mol. The number of hydrogen-bond acceptors (Lipinski definition) is 7. The molecule has 6 aromatic rings. The smallest absolute Gasteiger partial charge is 0.309 e. The van der Waals surface area contributed by atoms with Crippen LogP contribution in [0.2, 0.25) is 0 Å². The first-order valence-corrected chi connectivity index (χ1v) is 20.2. The Kier molecular flexibility index (Phi) is 10.2. The summed E-state index contributed by atoms with van der Waals surface area (Å²) >= 11 is 0. The molecule has 2 aliphatic rings. The highest BCUT2D eigenvalue weighted by Gasteiger charge is 2.50. The quantitative estimate of drug-likeness (QED) is 0.0247. The molecule has 2 aliphatic heterocycles. The molecule has 0 atom stereocenters. The summed E-state index contributed by atoms with van der Waals surface area (Å²) in [6.07, 6.45) is 3.23. The number of anilines is 1. The van der Waals surface area contributed by atoms with Gasteiger partial charge in [0.05, 0.1) is 35.2 Å². The molecule has 0 fully saturated rings. The molecular weight excluding hydrogens is 749 g/mol. The summed E-state index contributed by atoms with van der Waals surface area (Å²) in [5.74, 6) is -0.645. The van der Waals surface area contributed by atoms with E-state index in [4.69, 9.17) is 9.47 Å². The summed E-state index contributed by atoms with van der Waals surface area (Å²) in [7, 11) is 0. The summed E-state index contributed by atoms with van der Waals surface area (Å²) in [6.45, 7) is 11.4. The van der Waals surface area contributed by atoms with Gasteiger partial charge in [-0.1, -0.05) is 105 Å². The molecule has 0 spiro atoms. The fraction of sp³-hybridized carbons (Fsp3) is 0.235. The molecule has 0 radical (unpaired) electrons. The van der Waals surface area contributed by atoms with Crippen LogP contribution in [0.1, 0.15) is 52.2 Å². The predicted molar refractivity (Wildman–Crippen MR) is 236 cm³/mol. The first-order chi connectivity index (χ1) is 29.0. The minimum absolute atomic E-state index is 0.0897. The number of fused-ring (bicyclic) bond motifs is 12. The number of carbonyl (C=O) groups is 2. The van der Waals surface area contributed by atoms with E-state index in [1.807, 2.05) is 60.0 Å². The summed E-state index contributed by atoms with van der Waals surface area (Å²) in [5, 5.41) is 40.6. The van der Waals surface area contributed by atoms with Crippen molar-refractivity contribution in [2.45, 2.75) is 51.9 Å². The molecule has 0 aromatic heterocycles. The molecule has 2 heterocycles. The average Bonchev–Trinajstić information content (AvgIpc) is 3.63.